The summed E-state index contributed by atoms with van der Waals surface area (Å²) in [7, 11) is 1.40. The third-order valence-electron chi connectivity index (χ3n) is 2.03. The standard InChI is InChI=1S/C11H7Cl2FN2O2/c1-17-8-4-2-3-7(14)9(8)18-10-6(12)5-15-11(13)16-10/h2-5H,1H3. The Morgan fingerprint density at radius 3 is 2.78 bits per heavy atom. The van der Waals surface area contributed by atoms with Crippen LogP contribution in [0, 0.1) is 5.82 Å². The molecule has 0 spiro atoms. The smallest absolute Gasteiger partial charge is 0.242 e. The van der Waals surface area contributed by atoms with E-state index in [2.05, 4.69) is 9.97 Å². The van der Waals surface area contributed by atoms with E-state index in [-0.39, 0.29) is 27.7 Å². The highest BCUT2D eigenvalue weighted by Crippen LogP contribution is 2.35. The van der Waals surface area contributed by atoms with E-state index in [0.29, 0.717) is 0 Å². The molecule has 1 heterocycles. The number of aromatic nitrogens is 2. The van der Waals surface area contributed by atoms with Gasteiger partial charge in [-0.3, -0.25) is 0 Å². The zero-order valence-corrected chi connectivity index (χ0v) is 10.7. The fraction of sp³-hybridized carbons (Fsp3) is 0.0909. The van der Waals surface area contributed by atoms with Gasteiger partial charge in [-0.15, -0.1) is 0 Å². The lowest BCUT2D eigenvalue weighted by Gasteiger charge is -2.10. The Bertz CT molecular complexity index is 581. The molecule has 2 aromatic rings. The normalized spacial score (nSPS) is 10.2. The molecule has 2 rings (SSSR count). The second kappa shape index (κ2) is 5.37. The van der Waals surface area contributed by atoms with Gasteiger partial charge < -0.3 is 9.47 Å². The minimum Gasteiger partial charge on any atom is -0.493 e. The van der Waals surface area contributed by atoms with Crippen LogP contribution in [0.25, 0.3) is 0 Å². The third-order valence-corrected chi connectivity index (χ3v) is 2.47. The molecule has 0 saturated heterocycles. The maximum absolute atomic E-state index is 13.6. The van der Waals surface area contributed by atoms with Crippen LogP contribution in [0.4, 0.5) is 4.39 Å². The zero-order valence-electron chi connectivity index (χ0n) is 9.15. The van der Waals surface area contributed by atoms with Crippen molar-refractivity contribution in [2.45, 2.75) is 0 Å². The Kier molecular flexibility index (Phi) is 3.84. The van der Waals surface area contributed by atoms with E-state index in [0.717, 1.165) is 0 Å². The number of para-hydroxylation sites is 1. The lowest BCUT2D eigenvalue weighted by Crippen LogP contribution is -1.96. The average Bonchev–Trinajstić information content (AvgIpc) is 2.36. The number of ether oxygens (including phenoxy) is 2. The van der Waals surface area contributed by atoms with E-state index in [1.54, 1.807) is 6.07 Å². The van der Waals surface area contributed by atoms with Crippen LogP contribution < -0.4 is 9.47 Å². The van der Waals surface area contributed by atoms with Crippen LogP contribution in [0.2, 0.25) is 10.3 Å². The predicted octanol–water partition coefficient (Wildman–Crippen LogP) is 3.72. The molecule has 94 valence electrons. The highest BCUT2D eigenvalue weighted by atomic mass is 35.5. The number of halogens is 3. The summed E-state index contributed by atoms with van der Waals surface area (Å²) >= 11 is 11.4. The van der Waals surface area contributed by atoms with Crippen molar-refractivity contribution in [3.05, 3.63) is 40.5 Å². The second-order valence-corrected chi connectivity index (χ2v) is 3.91. The van der Waals surface area contributed by atoms with Crippen molar-refractivity contribution in [3.8, 4) is 17.4 Å². The summed E-state index contributed by atoms with van der Waals surface area (Å²) in [6.45, 7) is 0. The number of rotatable bonds is 3. The zero-order chi connectivity index (χ0) is 13.1. The van der Waals surface area contributed by atoms with Crippen molar-refractivity contribution < 1.29 is 13.9 Å². The van der Waals surface area contributed by atoms with Crippen LogP contribution in [-0.2, 0) is 0 Å². The molecule has 0 amide bonds. The lowest BCUT2D eigenvalue weighted by molar-refractivity contribution is 0.358. The molecule has 0 aliphatic heterocycles. The Balaban J connectivity index is 2.42. The maximum atomic E-state index is 13.6. The van der Waals surface area contributed by atoms with Gasteiger partial charge in [0.05, 0.1) is 13.3 Å². The van der Waals surface area contributed by atoms with Crippen molar-refractivity contribution >= 4 is 23.2 Å². The molecule has 0 unspecified atom stereocenters. The molecule has 0 aliphatic rings. The highest BCUT2D eigenvalue weighted by Gasteiger charge is 2.15. The molecule has 0 atom stereocenters. The quantitative estimate of drug-likeness (QED) is 0.808. The van der Waals surface area contributed by atoms with Gasteiger partial charge in [0.2, 0.25) is 16.9 Å². The fourth-order valence-corrected chi connectivity index (χ4v) is 1.50. The third kappa shape index (κ3) is 2.63. The van der Waals surface area contributed by atoms with Crippen molar-refractivity contribution in [2.75, 3.05) is 7.11 Å². The second-order valence-electron chi connectivity index (χ2n) is 3.17. The summed E-state index contributed by atoms with van der Waals surface area (Å²) in [5, 5.41) is 0.0643. The maximum Gasteiger partial charge on any atom is 0.242 e. The molecule has 0 radical (unpaired) electrons. The minimum absolute atomic E-state index is 0.0416. The van der Waals surface area contributed by atoms with Crippen LogP contribution in [0.5, 0.6) is 17.4 Å². The monoisotopic (exact) mass is 288 g/mol. The summed E-state index contributed by atoms with van der Waals surface area (Å²) in [5.74, 6) is -0.530. The van der Waals surface area contributed by atoms with Crippen molar-refractivity contribution in [2.24, 2.45) is 0 Å². The van der Waals surface area contributed by atoms with E-state index < -0.39 is 5.82 Å². The SMILES string of the molecule is COc1cccc(F)c1Oc1nc(Cl)ncc1Cl. The Hall–Kier alpha value is -1.59. The van der Waals surface area contributed by atoms with Gasteiger partial charge in [-0.25, -0.2) is 9.37 Å². The van der Waals surface area contributed by atoms with Gasteiger partial charge in [0.1, 0.15) is 5.02 Å². The molecule has 7 heteroatoms. The van der Waals surface area contributed by atoms with E-state index in [9.17, 15) is 4.39 Å². The van der Waals surface area contributed by atoms with Crippen LogP contribution in [0.3, 0.4) is 0 Å². The summed E-state index contributed by atoms with van der Waals surface area (Å²) < 4.78 is 23.9. The molecule has 0 N–H and O–H groups in total. The van der Waals surface area contributed by atoms with Crippen molar-refractivity contribution in [1.29, 1.82) is 0 Å². The number of methoxy groups -OCH3 is 1. The van der Waals surface area contributed by atoms with E-state index in [1.165, 1.54) is 25.4 Å². The van der Waals surface area contributed by atoms with Crippen LogP contribution in [0.15, 0.2) is 24.4 Å². The summed E-state index contributed by atoms with van der Waals surface area (Å²) in [6.07, 6.45) is 1.26. The molecule has 0 aliphatic carbocycles. The first-order valence-corrected chi connectivity index (χ1v) is 5.56. The van der Waals surface area contributed by atoms with Crippen LogP contribution >= 0.6 is 23.2 Å². The summed E-state index contributed by atoms with van der Waals surface area (Å²) in [6, 6.07) is 4.28. The van der Waals surface area contributed by atoms with Gasteiger partial charge in [0.15, 0.2) is 11.6 Å². The first kappa shape index (κ1) is 12.9. The highest BCUT2D eigenvalue weighted by molar-refractivity contribution is 6.32. The minimum atomic E-state index is -0.597. The molecule has 0 bridgehead atoms. The topological polar surface area (TPSA) is 44.2 Å². The van der Waals surface area contributed by atoms with Crippen LogP contribution in [0.1, 0.15) is 0 Å². The van der Waals surface area contributed by atoms with E-state index >= 15 is 0 Å². The Morgan fingerprint density at radius 2 is 2.06 bits per heavy atom. The molecule has 4 nitrogen and oxygen atoms in total. The van der Waals surface area contributed by atoms with Crippen molar-refractivity contribution in [3.63, 3.8) is 0 Å². The molecule has 1 aromatic carbocycles. The number of hydrogen-bond donors (Lipinski definition) is 0. The van der Waals surface area contributed by atoms with Gasteiger partial charge in [0.25, 0.3) is 0 Å². The largest absolute Gasteiger partial charge is 0.493 e. The number of hydrogen-bond acceptors (Lipinski definition) is 4. The van der Waals surface area contributed by atoms with Gasteiger partial charge in [-0.05, 0) is 23.7 Å². The van der Waals surface area contributed by atoms with E-state index in [1.807, 2.05) is 0 Å². The first-order valence-electron chi connectivity index (χ1n) is 4.80. The molecular weight excluding hydrogens is 282 g/mol. The molecule has 1 aromatic heterocycles. The van der Waals surface area contributed by atoms with Gasteiger partial charge in [-0.1, -0.05) is 17.7 Å². The Labute approximate surface area is 112 Å². The molecular formula is C11H7Cl2FN2O2. The summed E-state index contributed by atoms with van der Waals surface area (Å²) in [5.41, 5.74) is 0. The lowest BCUT2D eigenvalue weighted by atomic mass is 10.3. The van der Waals surface area contributed by atoms with Crippen molar-refractivity contribution in [1.82, 2.24) is 9.97 Å². The van der Waals surface area contributed by atoms with Crippen LogP contribution in [-0.4, -0.2) is 17.1 Å². The van der Waals surface area contributed by atoms with Gasteiger partial charge >= 0.3 is 0 Å². The molecule has 0 saturated carbocycles. The van der Waals surface area contributed by atoms with Gasteiger partial charge in [0, 0.05) is 0 Å². The first-order chi connectivity index (χ1) is 8.61. The molecule has 0 fully saturated rings. The number of benzene rings is 1. The predicted molar refractivity (Wildman–Crippen MR) is 65.1 cm³/mol. The number of nitrogens with zero attached hydrogens (tertiary/aromatic N) is 2. The van der Waals surface area contributed by atoms with Gasteiger partial charge in [-0.2, -0.15) is 4.98 Å². The molecule has 18 heavy (non-hydrogen) atoms. The summed E-state index contributed by atoms with van der Waals surface area (Å²) in [4.78, 5) is 7.43. The average molecular weight is 289 g/mol. The fourth-order valence-electron chi connectivity index (χ4n) is 1.25. The Morgan fingerprint density at radius 1 is 1.28 bits per heavy atom. The van der Waals surface area contributed by atoms with E-state index in [4.69, 9.17) is 32.7 Å².